The summed E-state index contributed by atoms with van der Waals surface area (Å²) in [5.74, 6) is 1.87. The number of hydrogen-bond acceptors (Lipinski definition) is 4. The van der Waals surface area contributed by atoms with Crippen molar-refractivity contribution in [3.05, 3.63) is 59.2 Å². The van der Waals surface area contributed by atoms with E-state index < -0.39 is 13.0 Å². The van der Waals surface area contributed by atoms with Crippen molar-refractivity contribution < 1.29 is 23.0 Å². The topological polar surface area (TPSA) is 64.1 Å². The molecule has 31 heavy (non-hydrogen) atoms. The molecule has 0 aliphatic carbocycles. The highest BCUT2D eigenvalue weighted by atomic mass is 19.3. The largest absolute Gasteiger partial charge is 0.493 e. The molecule has 2 aromatic rings. The van der Waals surface area contributed by atoms with Gasteiger partial charge in [0.05, 0.1) is 6.61 Å². The number of nitrogens with one attached hydrogen (secondary N) is 2. The number of halogens is 2. The summed E-state index contributed by atoms with van der Waals surface area (Å²) in [5, 5.41) is 6.49. The molecule has 6 nitrogen and oxygen atoms in total. The molecule has 0 aliphatic rings. The molecule has 0 saturated heterocycles. The van der Waals surface area contributed by atoms with Crippen molar-refractivity contribution in [2.24, 2.45) is 4.99 Å². The van der Waals surface area contributed by atoms with Gasteiger partial charge < -0.3 is 24.8 Å². The predicted molar refractivity (Wildman–Crippen MR) is 118 cm³/mol. The number of hydrogen-bond donors (Lipinski definition) is 2. The zero-order chi connectivity index (χ0) is 22.5. The first kappa shape index (κ1) is 24.4. The van der Waals surface area contributed by atoms with Crippen LogP contribution < -0.4 is 20.1 Å². The summed E-state index contributed by atoms with van der Waals surface area (Å²) in [6, 6.07) is 13.1. The normalized spacial score (nSPS) is 11.5. The number of ether oxygens (including phenoxy) is 3. The van der Waals surface area contributed by atoms with Gasteiger partial charge in [-0.1, -0.05) is 24.3 Å². The fraction of sp³-hybridized carbons (Fsp3) is 0.435. The van der Waals surface area contributed by atoms with Gasteiger partial charge in [-0.15, -0.1) is 0 Å². The van der Waals surface area contributed by atoms with E-state index in [9.17, 15) is 8.78 Å². The molecular formula is C23H31F2N3O3. The molecule has 0 aliphatic heterocycles. The van der Waals surface area contributed by atoms with Crippen LogP contribution in [-0.2, 0) is 17.8 Å². The lowest BCUT2D eigenvalue weighted by Gasteiger charge is -2.16. The SMILES string of the molecule is CN=C(NCc1cccc(OCC(F)F)c1)NCc1ccc(C)cc1OCCCOC. The Labute approximate surface area is 182 Å². The van der Waals surface area contributed by atoms with Crippen molar-refractivity contribution in [1.82, 2.24) is 10.6 Å². The van der Waals surface area contributed by atoms with Crippen LogP contribution in [0, 0.1) is 6.92 Å². The van der Waals surface area contributed by atoms with Crippen molar-refractivity contribution in [2.45, 2.75) is 32.9 Å². The molecule has 0 saturated carbocycles. The highest BCUT2D eigenvalue weighted by molar-refractivity contribution is 5.79. The smallest absolute Gasteiger partial charge is 0.272 e. The Bertz CT molecular complexity index is 831. The van der Waals surface area contributed by atoms with Gasteiger partial charge in [-0.2, -0.15) is 0 Å². The van der Waals surface area contributed by atoms with E-state index in [0.29, 0.717) is 38.0 Å². The van der Waals surface area contributed by atoms with Gasteiger partial charge in [0.2, 0.25) is 0 Å². The molecule has 0 unspecified atom stereocenters. The van der Waals surface area contributed by atoms with Gasteiger partial charge in [0.15, 0.2) is 5.96 Å². The minimum absolute atomic E-state index is 0.414. The molecule has 0 atom stereocenters. The van der Waals surface area contributed by atoms with Gasteiger partial charge in [-0.3, -0.25) is 4.99 Å². The van der Waals surface area contributed by atoms with Crippen molar-refractivity contribution >= 4 is 5.96 Å². The molecule has 0 fully saturated rings. The van der Waals surface area contributed by atoms with Crippen LogP contribution in [0.25, 0.3) is 0 Å². The van der Waals surface area contributed by atoms with E-state index in [0.717, 1.165) is 28.9 Å². The minimum Gasteiger partial charge on any atom is -0.493 e. The summed E-state index contributed by atoms with van der Waals surface area (Å²) < 4.78 is 40.7. The van der Waals surface area contributed by atoms with Crippen molar-refractivity contribution in [1.29, 1.82) is 0 Å². The second kappa shape index (κ2) is 13.4. The summed E-state index contributed by atoms with van der Waals surface area (Å²) in [4.78, 5) is 4.24. The van der Waals surface area contributed by atoms with E-state index in [1.165, 1.54) is 0 Å². The molecule has 0 radical (unpaired) electrons. The molecule has 0 aromatic heterocycles. The average molecular weight is 436 g/mol. The molecule has 0 heterocycles. The van der Waals surface area contributed by atoms with Crippen LogP contribution in [0.2, 0.25) is 0 Å². The van der Waals surface area contributed by atoms with Gasteiger partial charge in [0, 0.05) is 45.8 Å². The van der Waals surface area contributed by atoms with Crippen LogP contribution in [0.1, 0.15) is 23.1 Å². The van der Waals surface area contributed by atoms with Crippen molar-refractivity contribution in [3.63, 3.8) is 0 Å². The quantitative estimate of drug-likeness (QED) is 0.301. The van der Waals surface area contributed by atoms with Gasteiger partial charge in [-0.25, -0.2) is 8.78 Å². The van der Waals surface area contributed by atoms with E-state index in [2.05, 4.69) is 15.6 Å². The number of methoxy groups -OCH3 is 1. The highest BCUT2D eigenvalue weighted by Crippen LogP contribution is 2.20. The monoisotopic (exact) mass is 435 g/mol. The third-order valence-electron chi connectivity index (χ3n) is 4.38. The number of benzene rings is 2. The number of aryl methyl sites for hydroxylation is 1. The zero-order valence-corrected chi connectivity index (χ0v) is 18.3. The highest BCUT2D eigenvalue weighted by Gasteiger charge is 2.07. The summed E-state index contributed by atoms with van der Waals surface area (Å²) in [6.07, 6.45) is -1.68. The van der Waals surface area contributed by atoms with Crippen LogP contribution >= 0.6 is 0 Å². The van der Waals surface area contributed by atoms with E-state index in [1.54, 1.807) is 32.4 Å². The molecule has 2 aromatic carbocycles. The maximum absolute atomic E-state index is 12.3. The molecule has 2 rings (SSSR count). The molecule has 0 amide bonds. The fourth-order valence-corrected chi connectivity index (χ4v) is 2.82. The third-order valence-corrected chi connectivity index (χ3v) is 4.38. The minimum atomic E-state index is -2.50. The number of nitrogens with zero attached hydrogens (tertiary/aromatic N) is 1. The lowest BCUT2D eigenvalue weighted by molar-refractivity contribution is 0.0818. The lowest BCUT2D eigenvalue weighted by atomic mass is 10.1. The summed E-state index contributed by atoms with van der Waals surface area (Å²) in [5.41, 5.74) is 3.04. The number of aliphatic imine (C=N–C) groups is 1. The first-order valence-electron chi connectivity index (χ1n) is 10.2. The molecular weight excluding hydrogens is 404 g/mol. The molecule has 170 valence electrons. The molecule has 8 heteroatoms. The average Bonchev–Trinajstić information content (AvgIpc) is 2.76. The van der Waals surface area contributed by atoms with E-state index in [-0.39, 0.29) is 0 Å². The molecule has 0 bridgehead atoms. The molecule has 2 N–H and O–H groups in total. The predicted octanol–water partition coefficient (Wildman–Crippen LogP) is 3.92. The number of rotatable bonds is 12. The van der Waals surface area contributed by atoms with Gasteiger partial charge in [-0.05, 0) is 36.2 Å². The zero-order valence-electron chi connectivity index (χ0n) is 18.3. The van der Waals surface area contributed by atoms with Crippen LogP contribution in [-0.4, -0.2) is 46.4 Å². The number of alkyl halides is 2. The third kappa shape index (κ3) is 9.21. The van der Waals surface area contributed by atoms with Crippen LogP contribution in [0.5, 0.6) is 11.5 Å². The van der Waals surface area contributed by atoms with Crippen molar-refractivity contribution in [2.75, 3.05) is 34.0 Å². The lowest BCUT2D eigenvalue weighted by Crippen LogP contribution is -2.36. The Morgan fingerprint density at radius 1 is 1.03 bits per heavy atom. The maximum atomic E-state index is 12.3. The van der Waals surface area contributed by atoms with E-state index >= 15 is 0 Å². The second-order valence-corrected chi connectivity index (χ2v) is 6.93. The van der Waals surface area contributed by atoms with Gasteiger partial charge >= 0.3 is 0 Å². The van der Waals surface area contributed by atoms with E-state index in [1.807, 2.05) is 31.2 Å². The van der Waals surface area contributed by atoms with Crippen molar-refractivity contribution in [3.8, 4) is 11.5 Å². The van der Waals surface area contributed by atoms with E-state index in [4.69, 9.17) is 14.2 Å². The fourth-order valence-electron chi connectivity index (χ4n) is 2.82. The second-order valence-electron chi connectivity index (χ2n) is 6.93. The Balaban J connectivity index is 1.89. The first-order chi connectivity index (χ1) is 15.0. The summed E-state index contributed by atoms with van der Waals surface area (Å²) in [7, 11) is 3.36. The first-order valence-corrected chi connectivity index (χ1v) is 10.2. The van der Waals surface area contributed by atoms with Crippen LogP contribution in [0.4, 0.5) is 8.78 Å². The standard InChI is InChI=1S/C23H31F2N3O3/c1-17-8-9-19(21(12-17)30-11-5-10-29-3)15-28-23(26-2)27-14-18-6-4-7-20(13-18)31-16-22(24)25/h4,6-9,12-13,22H,5,10-11,14-16H2,1-3H3,(H2,26,27,28). The molecule has 0 spiro atoms. The maximum Gasteiger partial charge on any atom is 0.272 e. The van der Waals surface area contributed by atoms with Crippen LogP contribution in [0.3, 0.4) is 0 Å². The van der Waals surface area contributed by atoms with Gasteiger partial charge in [0.25, 0.3) is 6.43 Å². The summed E-state index contributed by atoms with van der Waals surface area (Å²) in [6.45, 7) is 3.66. The summed E-state index contributed by atoms with van der Waals surface area (Å²) >= 11 is 0. The van der Waals surface area contributed by atoms with Gasteiger partial charge in [0.1, 0.15) is 18.1 Å². The Hall–Kier alpha value is -2.87. The van der Waals surface area contributed by atoms with Crippen LogP contribution in [0.15, 0.2) is 47.5 Å². The Morgan fingerprint density at radius 3 is 2.58 bits per heavy atom. The Morgan fingerprint density at radius 2 is 1.84 bits per heavy atom. The number of guanidine groups is 1. The Kier molecular flexibility index (Phi) is 10.6.